The van der Waals surface area contributed by atoms with Crippen molar-refractivity contribution >= 4 is 40.3 Å². The van der Waals surface area contributed by atoms with Crippen molar-refractivity contribution in [3.8, 4) is 0 Å². The highest BCUT2D eigenvalue weighted by Gasteiger charge is 2.26. The number of ether oxygens (including phenoxy) is 2. The van der Waals surface area contributed by atoms with Crippen LogP contribution in [-0.2, 0) is 14.3 Å². The molecule has 0 aliphatic heterocycles. The van der Waals surface area contributed by atoms with E-state index in [2.05, 4.69) is 5.32 Å². The summed E-state index contributed by atoms with van der Waals surface area (Å²) in [4.78, 5) is 36.1. The fraction of sp³-hybridized carbons (Fsp3) is 0.235. The van der Waals surface area contributed by atoms with Crippen LogP contribution in [0.2, 0.25) is 0 Å². The van der Waals surface area contributed by atoms with Crippen molar-refractivity contribution < 1.29 is 28.3 Å². The van der Waals surface area contributed by atoms with Crippen LogP contribution in [0.1, 0.15) is 37.1 Å². The normalized spacial score (nSPS) is 10.7. The Morgan fingerprint density at radius 2 is 1.80 bits per heavy atom. The number of methoxy groups -OCH3 is 2. The summed E-state index contributed by atoms with van der Waals surface area (Å²) in [6.45, 7) is 3.38. The number of hydrogen-bond donors (Lipinski definition) is 1. The summed E-state index contributed by atoms with van der Waals surface area (Å²) in [5.74, 6) is -0.459. The second-order valence-corrected chi connectivity index (χ2v) is 6.04. The second kappa shape index (κ2) is 7.80. The lowest BCUT2D eigenvalue weighted by Crippen LogP contribution is -2.11. The molecule has 25 heavy (non-hydrogen) atoms. The second-order valence-electron chi connectivity index (χ2n) is 5.01. The Morgan fingerprint density at radius 1 is 1.12 bits per heavy atom. The SMILES string of the molecule is COC(=O)c1sc(NC(=O)/C=C/c2ccc(C)o2)c(C(=O)OC)c1C. The van der Waals surface area contributed by atoms with Crippen molar-refractivity contribution in [1.29, 1.82) is 0 Å². The maximum atomic E-state index is 12.1. The van der Waals surface area contributed by atoms with E-state index in [-0.39, 0.29) is 15.4 Å². The predicted octanol–water partition coefficient (Wildman–Crippen LogP) is 3.18. The van der Waals surface area contributed by atoms with Crippen LogP contribution in [0.3, 0.4) is 0 Å². The average Bonchev–Trinajstić information content (AvgIpc) is 3.15. The fourth-order valence-electron chi connectivity index (χ4n) is 2.09. The van der Waals surface area contributed by atoms with Crippen molar-refractivity contribution in [3.05, 3.63) is 45.7 Å². The van der Waals surface area contributed by atoms with E-state index in [4.69, 9.17) is 13.9 Å². The van der Waals surface area contributed by atoms with Gasteiger partial charge in [0.25, 0.3) is 0 Å². The Balaban J connectivity index is 2.28. The van der Waals surface area contributed by atoms with E-state index < -0.39 is 17.8 Å². The lowest BCUT2D eigenvalue weighted by molar-refractivity contribution is -0.111. The monoisotopic (exact) mass is 363 g/mol. The third kappa shape index (κ3) is 4.16. The number of carbonyl (C=O) groups excluding carboxylic acids is 3. The number of aryl methyl sites for hydroxylation is 1. The zero-order chi connectivity index (χ0) is 18.6. The maximum absolute atomic E-state index is 12.1. The van der Waals surface area contributed by atoms with Crippen LogP contribution in [-0.4, -0.2) is 32.1 Å². The molecule has 2 aromatic rings. The highest BCUT2D eigenvalue weighted by atomic mass is 32.1. The van der Waals surface area contributed by atoms with Gasteiger partial charge < -0.3 is 19.2 Å². The fourth-order valence-corrected chi connectivity index (χ4v) is 3.21. The van der Waals surface area contributed by atoms with E-state index >= 15 is 0 Å². The van der Waals surface area contributed by atoms with Crippen molar-refractivity contribution in [1.82, 2.24) is 0 Å². The molecule has 1 N–H and O–H groups in total. The van der Waals surface area contributed by atoms with Gasteiger partial charge in [0.1, 0.15) is 21.4 Å². The Kier molecular flexibility index (Phi) is 5.76. The molecule has 0 saturated carbocycles. The van der Waals surface area contributed by atoms with E-state index in [1.807, 2.05) is 0 Å². The van der Waals surface area contributed by atoms with Gasteiger partial charge in [0.15, 0.2) is 0 Å². The van der Waals surface area contributed by atoms with Crippen molar-refractivity contribution in [2.75, 3.05) is 19.5 Å². The molecule has 0 radical (unpaired) electrons. The zero-order valence-corrected chi connectivity index (χ0v) is 15.0. The topological polar surface area (TPSA) is 94.8 Å². The first-order valence-corrected chi connectivity index (χ1v) is 8.04. The molecule has 2 heterocycles. The molecule has 0 spiro atoms. The van der Waals surface area contributed by atoms with Crippen LogP contribution < -0.4 is 5.32 Å². The molecule has 132 valence electrons. The molecule has 0 fully saturated rings. The molecule has 2 rings (SSSR count). The number of thiophene rings is 1. The molecule has 0 bridgehead atoms. The molecule has 7 nitrogen and oxygen atoms in total. The van der Waals surface area contributed by atoms with Crippen molar-refractivity contribution in [2.24, 2.45) is 0 Å². The first-order valence-electron chi connectivity index (χ1n) is 7.22. The minimum Gasteiger partial charge on any atom is -0.465 e. The molecular weight excluding hydrogens is 346 g/mol. The van der Waals surface area contributed by atoms with Gasteiger partial charge >= 0.3 is 11.9 Å². The van der Waals surface area contributed by atoms with Crippen LogP contribution in [0.25, 0.3) is 6.08 Å². The van der Waals surface area contributed by atoms with Gasteiger partial charge in [0.05, 0.1) is 19.8 Å². The maximum Gasteiger partial charge on any atom is 0.348 e. The number of amides is 1. The molecule has 0 aliphatic rings. The van der Waals surface area contributed by atoms with Gasteiger partial charge in [-0.2, -0.15) is 0 Å². The lowest BCUT2D eigenvalue weighted by atomic mass is 10.1. The largest absolute Gasteiger partial charge is 0.465 e. The third-order valence-corrected chi connectivity index (χ3v) is 4.49. The Morgan fingerprint density at radius 3 is 2.36 bits per heavy atom. The van der Waals surface area contributed by atoms with Gasteiger partial charge in [0, 0.05) is 6.08 Å². The summed E-state index contributed by atoms with van der Waals surface area (Å²) in [5, 5.41) is 2.80. The first-order chi connectivity index (χ1) is 11.9. The lowest BCUT2D eigenvalue weighted by Gasteiger charge is -2.03. The van der Waals surface area contributed by atoms with Crippen LogP contribution >= 0.6 is 11.3 Å². The Bertz CT molecular complexity index is 845. The summed E-state index contributed by atoms with van der Waals surface area (Å²) < 4.78 is 14.8. The summed E-state index contributed by atoms with van der Waals surface area (Å²) in [7, 11) is 2.47. The highest BCUT2D eigenvalue weighted by Crippen LogP contribution is 2.34. The van der Waals surface area contributed by atoms with Crippen molar-refractivity contribution in [2.45, 2.75) is 13.8 Å². The van der Waals surface area contributed by atoms with Gasteiger partial charge in [0.2, 0.25) is 5.91 Å². The number of furan rings is 1. The third-order valence-electron chi connectivity index (χ3n) is 3.30. The Hall–Kier alpha value is -2.87. The quantitative estimate of drug-likeness (QED) is 0.647. The highest BCUT2D eigenvalue weighted by molar-refractivity contribution is 7.18. The van der Waals surface area contributed by atoms with Crippen LogP contribution in [0.15, 0.2) is 22.6 Å². The van der Waals surface area contributed by atoms with E-state index in [0.717, 1.165) is 17.1 Å². The van der Waals surface area contributed by atoms with Crippen LogP contribution in [0.5, 0.6) is 0 Å². The summed E-state index contributed by atoms with van der Waals surface area (Å²) in [5.41, 5.74) is 0.521. The molecular formula is C17H17NO6S. The summed E-state index contributed by atoms with van der Waals surface area (Å²) >= 11 is 0.952. The molecule has 0 unspecified atom stereocenters. The number of nitrogens with one attached hydrogen (secondary N) is 1. The van der Waals surface area contributed by atoms with Gasteiger partial charge in [-0.05, 0) is 37.6 Å². The molecule has 8 heteroatoms. The van der Waals surface area contributed by atoms with E-state index in [9.17, 15) is 14.4 Å². The number of esters is 2. The molecule has 2 aromatic heterocycles. The van der Waals surface area contributed by atoms with Gasteiger partial charge in [-0.1, -0.05) is 0 Å². The van der Waals surface area contributed by atoms with Crippen LogP contribution in [0.4, 0.5) is 5.00 Å². The minimum atomic E-state index is -0.648. The molecule has 0 atom stereocenters. The van der Waals surface area contributed by atoms with E-state index in [0.29, 0.717) is 11.3 Å². The number of anilines is 1. The van der Waals surface area contributed by atoms with Gasteiger partial charge in [-0.25, -0.2) is 9.59 Å². The predicted molar refractivity (Wildman–Crippen MR) is 92.8 cm³/mol. The van der Waals surface area contributed by atoms with E-state index in [1.54, 1.807) is 26.0 Å². The van der Waals surface area contributed by atoms with Gasteiger partial charge in [-0.3, -0.25) is 4.79 Å². The number of hydrogen-bond acceptors (Lipinski definition) is 7. The molecule has 0 aromatic carbocycles. The molecule has 0 saturated heterocycles. The summed E-state index contributed by atoms with van der Waals surface area (Å²) in [6, 6.07) is 3.50. The van der Waals surface area contributed by atoms with E-state index in [1.165, 1.54) is 26.4 Å². The summed E-state index contributed by atoms with van der Waals surface area (Å²) in [6.07, 6.45) is 2.77. The molecule has 0 aliphatic carbocycles. The average molecular weight is 363 g/mol. The minimum absolute atomic E-state index is 0.128. The number of rotatable bonds is 5. The smallest absolute Gasteiger partial charge is 0.348 e. The molecule has 1 amide bonds. The standard InChI is InChI=1S/C17H17NO6S/c1-9-5-6-11(24-9)7-8-12(19)18-15-13(16(20)22-3)10(2)14(25-15)17(21)23-4/h5-8H,1-4H3,(H,18,19)/b8-7+. The first kappa shape index (κ1) is 18.5. The Labute approximate surface area is 148 Å². The van der Waals surface area contributed by atoms with Gasteiger partial charge in [-0.15, -0.1) is 11.3 Å². The van der Waals surface area contributed by atoms with Crippen molar-refractivity contribution in [3.63, 3.8) is 0 Å². The van der Waals surface area contributed by atoms with Crippen LogP contribution in [0, 0.1) is 13.8 Å². The zero-order valence-electron chi connectivity index (χ0n) is 14.2. The number of carbonyl (C=O) groups is 3.